The summed E-state index contributed by atoms with van der Waals surface area (Å²) < 4.78 is 0. The second kappa shape index (κ2) is 8.93. The first kappa shape index (κ1) is 19.2. The van der Waals surface area contributed by atoms with E-state index in [4.69, 9.17) is 0 Å². The maximum atomic E-state index is 10.4. The van der Waals surface area contributed by atoms with Gasteiger partial charge in [-0.1, -0.05) is 60.7 Å². The van der Waals surface area contributed by atoms with Gasteiger partial charge in [-0.3, -0.25) is 9.91 Å². The van der Waals surface area contributed by atoms with Gasteiger partial charge < -0.3 is 5.11 Å². The van der Waals surface area contributed by atoms with Gasteiger partial charge in [0.1, 0.15) is 5.75 Å². The van der Waals surface area contributed by atoms with E-state index in [1.807, 2.05) is 18.2 Å². The Morgan fingerprint density at radius 2 is 1.62 bits per heavy atom. The van der Waals surface area contributed by atoms with Crippen molar-refractivity contribution in [1.82, 2.24) is 9.91 Å². The van der Waals surface area contributed by atoms with Crippen LogP contribution >= 0.6 is 0 Å². The molecule has 3 aromatic rings. The molecule has 0 saturated carbocycles. The number of hydrazone groups is 1. The summed E-state index contributed by atoms with van der Waals surface area (Å²) in [6.45, 7) is 8.42. The Balaban J connectivity index is 1.37. The van der Waals surface area contributed by atoms with E-state index in [-0.39, 0.29) is 0 Å². The molecule has 1 N–H and O–H groups in total. The number of hydrogen-bond donors (Lipinski definition) is 1. The minimum absolute atomic E-state index is 0.297. The Morgan fingerprint density at radius 3 is 2.45 bits per heavy atom. The van der Waals surface area contributed by atoms with Gasteiger partial charge in [-0.25, -0.2) is 0 Å². The molecule has 4 nitrogen and oxygen atoms in total. The Morgan fingerprint density at radius 1 is 0.897 bits per heavy atom. The Labute approximate surface area is 172 Å². The van der Waals surface area contributed by atoms with E-state index in [9.17, 15) is 5.11 Å². The predicted octanol–water partition coefficient (Wildman–Crippen LogP) is 4.43. The second-order valence-electron chi connectivity index (χ2n) is 7.46. The van der Waals surface area contributed by atoms with Crippen molar-refractivity contribution in [3.63, 3.8) is 0 Å². The highest BCUT2D eigenvalue weighted by molar-refractivity contribution is 5.85. The van der Waals surface area contributed by atoms with Gasteiger partial charge in [0.2, 0.25) is 0 Å². The molecule has 4 rings (SSSR count). The van der Waals surface area contributed by atoms with Gasteiger partial charge in [0.05, 0.1) is 6.21 Å². The van der Waals surface area contributed by atoms with Crippen LogP contribution in [0.2, 0.25) is 0 Å². The lowest BCUT2D eigenvalue weighted by Gasteiger charge is -2.33. The molecule has 1 fully saturated rings. The largest absolute Gasteiger partial charge is 0.507 e. The van der Waals surface area contributed by atoms with Crippen LogP contribution in [-0.2, 0) is 13.0 Å². The molecular weight excluding hydrogens is 358 g/mol. The molecule has 0 amide bonds. The molecule has 0 aliphatic carbocycles. The third-order valence-electron chi connectivity index (χ3n) is 5.50. The van der Waals surface area contributed by atoms with Gasteiger partial charge in [-0.2, -0.15) is 5.10 Å². The van der Waals surface area contributed by atoms with Crippen molar-refractivity contribution in [3.05, 3.63) is 90.0 Å². The van der Waals surface area contributed by atoms with Crippen molar-refractivity contribution in [2.24, 2.45) is 5.10 Å². The number of fused-ring (bicyclic) bond motifs is 1. The van der Waals surface area contributed by atoms with Crippen LogP contribution in [0.5, 0.6) is 5.75 Å². The number of allylic oxidation sites excluding steroid dienone is 1. The number of aromatic hydroxyl groups is 1. The minimum atomic E-state index is 0.297. The maximum Gasteiger partial charge on any atom is 0.127 e. The van der Waals surface area contributed by atoms with Crippen LogP contribution in [0, 0.1) is 0 Å². The van der Waals surface area contributed by atoms with E-state index < -0.39 is 0 Å². The smallest absolute Gasteiger partial charge is 0.127 e. The van der Waals surface area contributed by atoms with Crippen molar-refractivity contribution < 1.29 is 5.11 Å². The number of piperazine rings is 1. The highest BCUT2D eigenvalue weighted by Gasteiger charge is 2.16. The first-order valence-corrected chi connectivity index (χ1v) is 10.1. The number of benzene rings is 3. The molecule has 0 unspecified atom stereocenters. The second-order valence-corrected chi connectivity index (χ2v) is 7.46. The third kappa shape index (κ3) is 4.49. The van der Waals surface area contributed by atoms with Gasteiger partial charge in [0.25, 0.3) is 0 Å². The zero-order chi connectivity index (χ0) is 20.1. The molecule has 29 heavy (non-hydrogen) atoms. The topological polar surface area (TPSA) is 39.1 Å². The predicted molar refractivity (Wildman–Crippen MR) is 120 cm³/mol. The Hall–Kier alpha value is -3.11. The standard InChI is InChI=1S/C25H27N3O/c1-2-7-21-10-6-11-22(25(21)29)18-26-28-16-14-27(15-17-28)19-23-12-5-9-20-8-3-4-13-24(20)23/h2-6,8-13,18,29H,1,7,14-17,19H2/b26-18+. The van der Waals surface area contributed by atoms with Gasteiger partial charge >= 0.3 is 0 Å². The molecular formula is C25H27N3O. The Bertz CT molecular complexity index is 1010. The highest BCUT2D eigenvalue weighted by atomic mass is 16.3. The van der Waals surface area contributed by atoms with Crippen LogP contribution in [0.1, 0.15) is 16.7 Å². The van der Waals surface area contributed by atoms with Crippen LogP contribution in [0.15, 0.2) is 78.4 Å². The summed E-state index contributed by atoms with van der Waals surface area (Å²) in [4.78, 5) is 2.48. The number of nitrogens with zero attached hydrogens (tertiary/aromatic N) is 3. The molecule has 0 bridgehead atoms. The molecule has 4 heteroatoms. The van der Waals surface area contributed by atoms with E-state index in [1.165, 1.54) is 16.3 Å². The van der Waals surface area contributed by atoms with E-state index in [1.54, 1.807) is 12.3 Å². The highest BCUT2D eigenvalue weighted by Crippen LogP contribution is 2.22. The first-order chi connectivity index (χ1) is 14.2. The van der Waals surface area contributed by atoms with Crippen molar-refractivity contribution in [2.45, 2.75) is 13.0 Å². The summed E-state index contributed by atoms with van der Waals surface area (Å²) in [7, 11) is 0. The van der Waals surface area contributed by atoms with Crippen molar-refractivity contribution in [2.75, 3.05) is 26.2 Å². The minimum Gasteiger partial charge on any atom is -0.507 e. The number of phenolic OH excluding ortho intramolecular Hbond substituents is 1. The van der Waals surface area contributed by atoms with Gasteiger partial charge in [-0.05, 0) is 34.4 Å². The van der Waals surface area contributed by atoms with Crippen molar-refractivity contribution in [1.29, 1.82) is 0 Å². The SMILES string of the molecule is C=CCc1cccc(/C=N/N2CCN(Cc3cccc4ccccc34)CC2)c1O. The van der Waals surface area contributed by atoms with Crippen LogP contribution in [0.25, 0.3) is 10.8 Å². The molecule has 1 aliphatic rings. The first-order valence-electron chi connectivity index (χ1n) is 10.1. The number of hydrogen-bond acceptors (Lipinski definition) is 4. The summed E-state index contributed by atoms with van der Waals surface area (Å²) >= 11 is 0. The fourth-order valence-electron chi connectivity index (χ4n) is 3.86. The lowest BCUT2D eigenvalue weighted by molar-refractivity contribution is 0.131. The molecule has 1 heterocycles. The van der Waals surface area contributed by atoms with Crippen LogP contribution in [0.3, 0.4) is 0 Å². The normalized spacial score (nSPS) is 15.2. The molecule has 0 radical (unpaired) electrons. The van der Waals surface area contributed by atoms with Gasteiger partial charge in [0, 0.05) is 38.3 Å². The fourth-order valence-corrected chi connectivity index (χ4v) is 3.86. The summed E-state index contributed by atoms with van der Waals surface area (Å²) in [5, 5.41) is 19.7. The van der Waals surface area contributed by atoms with E-state index in [2.05, 4.69) is 64.1 Å². The summed E-state index contributed by atoms with van der Waals surface area (Å²) in [5.41, 5.74) is 3.01. The molecule has 0 spiro atoms. The lowest BCUT2D eigenvalue weighted by Crippen LogP contribution is -2.43. The average molecular weight is 386 g/mol. The van der Waals surface area contributed by atoms with Crippen LogP contribution < -0.4 is 0 Å². The molecule has 148 valence electrons. The molecule has 0 atom stereocenters. The van der Waals surface area contributed by atoms with Gasteiger partial charge in [-0.15, -0.1) is 6.58 Å². The quantitative estimate of drug-likeness (QED) is 0.504. The van der Waals surface area contributed by atoms with Crippen molar-refractivity contribution in [3.8, 4) is 5.75 Å². The molecule has 0 aromatic heterocycles. The third-order valence-corrected chi connectivity index (χ3v) is 5.50. The number of para-hydroxylation sites is 1. The maximum absolute atomic E-state index is 10.4. The number of rotatable bonds is 6. The Kier molecular flexibility index (Phi) is 5.92. The fraction of sp³-hybridized carbons (Fsp3) is 0.240. The van der Waals surface area contributed by atoms with Crippen molar-refractivity contribution >= 4 is 17.0 Å². The summed E-state index contributed by atoms with van der Waals surface area (Å²) in [6.07, 6.45) is 4.22. The lowest BCUT2D eigenvalue weighted by atomic mass is 10.0. The summed E-state index contributed by atoms with van der Waals surface area (Å²) in [6, 6.07) is 20.9. The average Bonchev–Trinajstić information content (AvgIpc) is 2.76. The molecule has 1 aliphatic heterocycles. The van der Waals surface area contributed by atoms with Gasteiger partial charge in [0.15, 0.2) is 0 Å². The monoisotopic (exact) mass is 385 g/mol. The van der Waals surface area contributed by atoms with E-state index >= 15 is 0 Å². The van der Waals surface area contributed by atoms with E-state index in [0.717, 1.165) is 43.9 Å². The molecule has 3 aromatic carbocycles. The zero-order valence-corrected chi connectivity index (χ0v) is 16.7. The van der Waals surface area contributed by atoms with Crippen LogP contribution in [0.4, 0.5) is 0 Å². The summed E-state index contributed by atoms with van der Waals surface area (Å²) in [5.74, 6) is 0.297. The number of phenols is 1. The zero-order valence-electron chi connectivity index (χ0n) is 16.7. The molecule has 1 saturated heterocycles. The van der Waals surface area contributed by atoms with E-state index in [0.29, 0.717) is 12.2 Å². The van der Waals surface area contributed by atoms with Crippen LogP contribution in [-0.4, -0.2) is 47.4 Å².